The Balaban J connectivity index is 1.19. The van der Waals surface area contributed by atoms with Crippen molar-refractivity contribution < 1.29 is 9.53 Å². The first-order chi connectivity index (χ1) is 14.2. The summed E-state index contributed by atoms with van der Waals surface area (Å²) < 4.78 is 6.39. The van der Waals surface area contributed by atoms with Gasteiger partial charge in [-0.3, -0.25) is 14.7 Å². The van der Waals surface area contributed by atoms with E-state index < -0.39 is 0 Å². The third-order valence-electron chi connectivity index (χ3n) is 5.85. The maximum Gasteiger partial charge on any atom is 0.253 e. The van der Waals surface area contributed by atoms with Crippen molar-refractivity contribution in [2.45, 2.75) is 44.4 Å². The van der Waals surface area contributed by atoms with Gasteiger partial charge >= 0.3 is 0 Å². The molecule has 0 saturated carbocycles. The van der Waals surface area contributed by atoms with Gasteiger partial charge in [-0.25, -0.2) is 0 Å². The van der Waals surface area contributed by atoms with Crippen molar-refractivity contribution in [1.82, 2.24) is 14.8 Å². The van der Waals surface area contributed by atoms with Gasteiger partial charge in [0.05, 0.1) is 12.2 Å². The number of halogens is 1. The summed E-state index contributed by atoms with van der Waals surface area (Å²) in [7, 11) is 0. The summed E-state index contributed by atoms with van der Waals surface area (Å²) in [4.78, 5) is 21.2. The summed E-state index contributed by atoms with van der Waals surface area (Å²) in [5.41, 5.74) is 1.93. The highest BCUT2D eigenvalue weighted by atomic mass is 35.5. The molecule has 0 spiro atoms. The first-order valence-electron chi connectivity index (χ1n) is 10.5. The number of aromatic nitrogens is 1. The van der Waals surface area contributed by atoms with Crippen LogP contribution in [0.15, 0.2) is 48.8 Å². The van der Waals surface area contributed by atoms with Gasteiger partial charge < -0.3 is 9.64 Å². The molecule has 5 nitrogen and oxygen atoms in total. The molecule has 1 amide bonds. The van der Waals surface area contributed by atoms with Crippen molar-refractivity contribution in [2.75, 3.05) is 26.2 Å². The summed E-state index contributed by atoms with van der Waals surface area (Å²) in [5.74, 6) is 0.0645. The van der Waals surface area contributed by atoms with Crippen LogP contribution in [0, 0.1) is 0 Å². The number of carbonyl (C=O) groups is 1. The molecule has 1 aromatic carbocycles. The van der Waals surface area contributed by atoms with Crippen molar-refractivity contribution >= 4 is 17.5 Å². The predicted molar refractivity (Wildman–Crippen MR) is 114 cm³/mol. The van der Waals surface area contributed by atoms with Gasteiger partial charge in [0.1, 0.15) is 0 Å². The van der Waals surface area contributed by atoms with Crippen LogP contribution in [0.2, 0.25) is 5.02 Å². The van der Waals surface area contributed by atoms with E-state index in [0.717, 1.165) is 58.4 Å². The number of ether oxygens (including phenoxy) is 1. The van der Waals surface area contributed by atoms with Gasteiger partial charge in [0.25, 0.3) is 5.91 Å². The number of benzene rings is 1. The normalized spacial score (nSPS) is 19.4. The molecule has 4 rings (SSSR count). The number of likely N-dealkylation sites (tertiary alicyclic amines) is 2. The second-order valence-corrected chi connectivity index (χ2v) is 8.41. The minimum absolute atomic E-state index is 0.0645. The van der Waals surface area contributed by atoms with Crippen molar-refractivity contribution in [3.05, 3.63) is 64.9 Å². The Hall–Kier alpha value is -1.95. The number of nitrogens with zero attached hydrogens (tertiary/aromatic N) is 3. The lowest BCUT2D eigenvalue weighted by Crippen LogP contribution is -2.43. The lowest BCUT2D eigenvalue weighted by molar-refractivity contribution is -0.0629. The Bertz CT molecular complexity index is 801. The quantitative estimate of drug-likeness (QED) is 0.742. The van der Waals surface area contributed by atoms with Crippen LogP contribution in [-0.4, -0.2) is 59.1 Å². The zero-order valence-corrected chi connectivity index (χ0v) is 17.4. The van der Waals surface area contributed by atoms with E-state index in [2.05, 4.69) is 16.0 Å². The summed E-state index contributed by atoms with van der Waals surface area (Å²) in [6.07, 6.45) is 8.31. The zero-order chi connectivity index (χ0) is 20.1. The number of hydrogen-bond donors (Lipinski definition) is 0. The second kappa shape index (κ2) is 9.70. The fourth-order valence-electron chi connectivity index (χ4n) is 4.22. The topological polar surface area (TPSA) is 45.7 Å². The molecule has 0 N–H and O–H groups in total. The molecule has 2 fully saturated rings. The fraction of sp³-hybridized carbons (Fsp3) is 0.478. The molecule has 2 saturated heterocycles. The van der Waals surface area contributed by atoms with Crippen molar-refractivity contribution in [3.63, 3.8) is 0 Å². The molecule has 1 aromatic heterocycles. The molecule has 6 heteroatoms. The molecule has 0 radical (unpaired) electrons. The predicted octanol–water partition coefficient (Wildman–Crippen LogP) is 4.02. The SMILES string of the molecule is O=C(c1cccc(Cl)c1)N1CCC(OC2CCN(Cc3cccnc3)CC2)CC1. The largest absolute Gasteiger partial charge is 0.375 e. The molecular formula is C23H28ClN3O2. The first-order valence-corrected chi connectivity index (χ1v) is 10.9. The van der Waals surface area contributed by atoms with Gasteiger partial charge in [-0.05, 0) is 55.5 Å². The Labute approximate surface area is 177 Å². The third kappa shape index (κ3) is 5.56. The van der Waals surface area contributed by atoms with E-state index in [-0.39, 0.29) is 12.0 Å². The summed E-state index contributed by atoms with van der Waals surface area (Å²) >= 11 is 6.02. The molecule has 2 aromatic rings. The van der Waals surface area contributed by atoms with Crippen LogP contribution < -0.4 is 0 Å². The molecule has 2 aliphatic heterocycles. The monoisotopic (exact) mass is 413 g/mol. The summed E-state index contributed by atoms with van der Waals surface area (Å²) in [6, 6.07) is 11.3. The first kappa shape index (κ1) is 20.3. The summed E-state index contributed by atoms with van der Waals surface area (Å²) in [6.45, 7) is 4.58. The van der Waals surface area contributed by atoms with Crippen molar-refractivity contribution in [1.29, 1.82) is 0 Å². The van der Waals surface area contributed by atoms with Crippen molar-refractivity contribution in [3.8, 4) is 0 Å². The van der Waals surface area contributed by atoms with Crippen LogP contribution in [-0.2, 0) is 11.3 Å². The van der Waals surface area contributed by atoms with E-state index in [1.54, 1.807) is 12.1 Å². The molecule has 0 aliphatic carbocycles. The fourth-order valence-corrected chi connectivity index (χ4v) is 4.41. The number of carbonyl (C=O) groups excluding carboxylic acids is 1. The molecule has 2 aliphatic rings. The average molecular weight is 414 g/mol. The average Bonchev–Trinajstić information content (AvgIpc) is 2.76. The van der Waals surface area contributed by atoms with Crippen LogP contribution >= 0.6 is 11.6 Å². The Morgan fingerprint density at radius 2 is 1.76 bits per heavy atom. The molecule has 0 unspecified atom stereocenters. The number of rotatable bonds is 5. The van der Waals surface area contributed by atoms with Crippen LogP contribution in [0.25, 0.3) is 0 Å². The molecular weight excluding hydrogens is 386 g/mol. The minimum atomic E-state index is 0.0645. The van der Waals surface area contributed by atoms with Gasteiger partial charge in [-0.1, -0.05) is 23.7 Å². The van der Waals surface area contributed by atoms with Crippen LogP contribution in [0.4, 0.5) is 0 Å². The van der Waals surface area contributed by atoms with E-state index in [1.165, 1.54) is 5.56 Å². The van der Waals surface area contributed by atoms with Gasteiger partial charge in [0.15, 0.2) is 0 Å². The third-order valence-corrected chi connectivity index (χ3v) is 6.08. The van der Waals surface area contributed by atoms with Gasteiger partial charge in [-0.15, -0.1) is 0 Å². The van der Waals surface area contributed by atoms with Gasteiger partial charge in [0.2, 0.25) is 0 Å². The van der Waals surface area contributed by atoms with E-state index in [0.29, 0.717) is 16.7 Å². The van der Waals surface area contributed by atoms with E-state index in [4.69, 9.17) is 16.3 Å². The number of piperidine rings is 2. The van der Waals surface area contributed by atoms with Gasteiger partial charge in [0, 0.05) is 55.7 Å². The van der Waals surface area contributed by atoms with E-state index >= 15 is 0 Å². The molecule has 154 valence electrons. The number of pyridine rings is 1. The van der Waals surface area contributed by atoms with Gasteiger partial charge in [-0.2, -0.15) is 0 Å². The van der Waals surface area contributed by atoms with Crippen LogP contribution in [0.1, 0.15) is 41.6 Å². The highest BCUT2D eigenvalue weighted by Crippen LogP contribution is 2.23. The van der Waals surface area contributed by atoms with Crippen LogP contribution in [0.3, 0.4) is 0 Å². The standard InChI is InChI=1S/C23H28ClN3O2/c24-20-5-1-4-19(15-20)23(28)27-13-8-22(9-14-27)29-21-6-11-26(12-7-21)17-18-3-2-10-25-16-18/h1-5,10,15-16,21-22H,6-9,11-14,17H2. The smallest absolute Gasteiger partial charge is 0.253 e. The lowest BCUT2D eigenvalue weighted by atomic mass is 10.0. The van der Waals surface area contributed by atoms with Crippen LogP contribution in [0.5, 0.6) is 0 Å². The molecule has 0 bridgehead atoms. The molecule has 3 heterocycles. The maximum absolute atomic E-state index is 12.7. The lowest BCUT2D eigenvalue weighted by Gasteiger charge is -2.37. The number of amides is 1. The minimum Gasteiger partial charge on any atom is -0.375 e. The highest BCUT2D eigenvalue weighted by molar-refractivity contribution is 6.30. The maximum atomic E-state index is 12.7. The second-order valence-electron chi connectivity index (χ2n) is 7.97. The Morgan fingerprint density at radius 1 is 1.03 bits per heavy atom. The van der Waals surface area contributed by atoms with E-state index in [9.17, 15) is 4.79 Å². The Morgan fingerprint density at radius 3 is 2.41 bits per heavy atom. The Kier molecular flexibility index (Phi) is 6.80. The number of hydrogen-bond acceptors (Lipinski definition) is 4. The highest BCUT2D eigenvalue weighted by Gasteiger charge is 2.28. The van der Waals surface area contributed by atoms with Crippen molar-refractivity contribution in [2.24, 2.45) is 0 Å². The molecule has 0 atom stereocenters. The van der Waals surface area contributed by atoms with E-state index in [1.807, 2.05) is 35.5 Å². The summed E-state index contributed by atoms with van der Waals surface area (Å²) in [5, 5.41) is 0.601. The zero-order valence-electron chi connectivity index (χ0n) is 16.7. The molecule has 29 heavy (non-hydrogen) atoms.